The molecule has 2 rings (SSSR count). The van der Waals surface area contributed by atoms with E-state index in [9.17, 15) is 9.18 Å². The van der Waals surface area contributed by atoms with Crippen molar-refractivity contribution in [3.8, 4) is 0 Å². The molecule has 2 aromatic heterocycles. The van der Waals surface area contributed by atoms with Crippen LogP contribution in [0, 0.1) is 5.82 Å². The molecule has 0 atom stereocenters. The minimum atomic E-state index is -1.05. The van der Waals surface area contributed by atoms with Crippen molar-refractivity contribution in [1.29, 1.82) is 0 Å². The number of fused-ring (bicyclic) bond motifs is 1. The number of carbonyl (C=O) groups is 1. The van der Waals surface area contributed by atoms with Crippen LogP contribution in [0.5, 0.6) is 0 Å². The number of pyridine rings is 1. The van der Waals surface area contributed by atoms with Crippen molar-refractivity contribution in [2.75, 3.05) is 5.73 Å². The van der Waals surface area contributed by atoms with Gasteiger partial charge in [-0.15, -0.1) is 0 Å². The van der Waals surface area contributed by atoms with E-state index >= 15 is 0 Å². The van der Waals surface area contributed by atoms with Gasteiger partial charge in [0, 0.05) is 6.20 Å². The lowest BCUT2D eigenvalue weighted by molar-refractivity contribution is -0.136. The van der Waals surface area contributed by atoms with Crippen molar-refractivity contribution in [2.45, 2.75) is 6.42 Å². The van der Waals surface area contributed by atoms with Gasteiger partial charge in [-0.05, 0) is 12.1 Å². The Balaban J connectivity index is 2.64. The lowest BCUT2D eigenvalue weighted by Gasteiger charge is -1.96. The molecule has 0 aliphatic carbocycles. The highest BCUT2D eigenvalue weighted by Gasteiger charge is 2.14. The maximum absolute atomic E-state index is 13.2. The van der Waals surface area contributed by atoms with Crippen LogP contribution in [0.4, 0.5) is 10.2 Å². The fraction of sp³-hybridized carbons (Fsp3) is 0.111. The summed E-state index contributed by atoms with van der Waals surface area (Å²) in [6.07, 6.45) is 1.22. The number of nitrogens with zero attached hydrogens (tertiary/aromatic N) is 2. The lowest BCUT2D eigenvalue weighted by Crippen LogP contribution is -2.03. The molecular formula is C9H8FN3O2. The molecule has 15 heavy (non-hydrogen) atoms. The highest BCUT2D eigenvalue weighted by atomic mass is 19.1. The molecule has 0 saturated heterocycles. The first-order valence-electron chi connectivity index (χ1n) is 4.22. The first kappa shape index (κ1) is 9.45. The van der Waals surface area contributed by atoms with Crippen molar-refractivity contribution < 1.29 is 14.3 Å². The largest absolute Gasteiger partial charge is 0.481 e. The average molecular weight is 209 g/mol. The molecule has 0 aromatic carbocycles. The summed E-state index contributed by atoms with van der Waals surface area (Å²) in [6.45, 7) is 0. The predicted octanol–water partition coefficient (Wildman–Crippen LogP) is 0.683. The van der Waals surface area contributed by atoms with Crippen LogP contribution >= 0.6 is 0 Å². The van der Waals surface area contributed by atoms with Crippen LogP contribution in [-0.2, 0) is 11.2 Å². The van der Waals surface area contributed by atoms with Crippen LogP contribution in [0.3, 0.4) is 0 Å². The molecule has 0 aliphatic heterocycles. The molecule has 3 N–H and O–H groups in total. The van der Waals surface area contributed by atoms with Crippen molar-refractivity contribution in [2.24, 2.45) is 0 Å². The third-order valence-corrected chi connectivity index (χ3v) is 2.03. The van der Waals surface area contributed by atoms with E-state index in [1.165, 1.54) is 22.7 Å². The Labute approximate surface area is 84.0 Å². The van der Waals surface area contributed by atoms with Crippen LogP contribution in [0.15, 0.2) is 18.3 Å². The second-order valence-corrected chi connectivity index (χ2v) is 3.06. The minimum absolute atomic E-state index is 0.0475. The monoisotopic (exact) mass is 209 g/mol. The van der Waals surface area contributed by atoms with Crippen molar-refractivity contribution in [3.63, 3.8) is 0 Å². The average Bonchev–Trinajstić information content (AvgIpc) is 2.46. The van der Waals surface area contributed by atoms with Crippen LogP contribution in [0.25, 0.3) is 5.65 Å². The van der Waals surface area contributed by atoms with Gasteiger partial charge in [0.25, 0.3) is 0 Å². The molecule has 0 radical (unpaired) electrons. The topological polar surface area (TPSA) is 80.6 Å². The number of carboxylic acids is 1. The zero-order valence-corrected chi connectivity index (χ0v) is 7.64. The smallest absolute Gasteiger partial charge is 0.309 e. The summed E-state index contributed by atoms with van der Waals surface area (Å²) in [6, 6.07) is 2.72. The van der Waals surface area contributed by atoms with Crippen molar-refractivity contribution in [3.05, 3.63) is 29.8 Å². The number of nitrogen functional groups attached to an aromatic ring is 1. The zero-order valence-electron chi connectivity index (χ0n) is 7.64. The van der Waals surface area contributed by atoms with Gasteiger partial charge in [0.1, 0.15) is 5.82 Å². The number of nitrogens with two attached hydrogens (primary N) is 1. The van der Waals surface area contributed by atoms with Gasteiger partial charge in [-0.3, -0.25) is 9.20 Å². The fourth-order valence-electron chi connectivity index (χ4n) is 1.37. The molecular weight excluding hydrogens is 201 g/mol. The molecule has 0 amide bonds. The van der Waals surface area contributed by atoms with E-state index in [2.05, 4.69) is 4.98 Å². The van der Waals surface area contributed by atoms with Gasteiger partial charge in [-0.2, -0.15) is 0 Å². The minimum Gasteiger partial charge on any atom is -0.481 e. The Hall–Kier alpha value is -2.11. The van der Waals surface area contributed by atoms with E-state index in [1.807, 2.05) is 0 Å². The molecule has 0 fully saturated rings. The second kappa shape index (κ2) is 3.23. The number of halogens is 1. The molecule has 6 heteroatoms. The number of anilines is 1. The van der Waals surface area contributed by atoms with Gasteiger partial charge in [0.15, 0.2) is 11.5 Å². The van der Waals surface area contributed by atoms with Gasteiger partial charge in [-0.25, -0.2) is 9.37 Å². The summed E-state index contributed by atoms with van der Waals surface area (Å²) in [5.41, 5.74) is 5.85. The van der Waals surface area contributed by atoms with E-state index in [0.717, 1.165) is 0 Å². The first-order valence-corrected chi connectivity index (χ1v) is 4.22. The number of hydrogen-bond donors (Lipinski definition) is 2. The fourth-order valence-corrected chi connectivity index (χ4v) is 1.37. The Kier molecular flexibility index (Phi) is 2.03. The summed E-state index contributed by atoms with van der Waals surface area (Å²) in [7, 11) is 0. The summed E-state index contributed by atoms with van der Waals surface area (Å²) in [4.78, 5) is 14.3. The van der Waals surface area contributed by atoms with Crippen LogP contribution in [-0.4, -0.2) is 20.5 Å². The quantitative estimate of drug-likeness (QED) is 0.762. The zero-order chi connectivity index (χ0) is 11.0. The van der Waals surface area contributed by atoms with Crippen LogP contribution in [0.2, 0.25) is 0 Å². The number of aliphatic carboxylic acids is 1. The maximum atomic E-state index is 13.2. The lowest BCUT2D eigenvalue weighted by atomic mass is 10.3. The van der Waals surface area contributed by atoms with E-state index in [-0.39, 0.29) is 23.6 Å². The first-order chi connectivity index (χ1) is 7.09. The molecule has 0 unspecified atom stereocenters. The molecule has 2 aromatic rings. The summed E-state index contributed by atoms with van der Waals surface area (Å²) < 4.78 is 14.6. The SMILES string of the molecule is Nc1c(CC(=O)O)nc2c(F)cccn12. The molecule has 78 valence electrons. The number of imidazole rings is 1. The van der Waals surface area contributed by atoms with E-state index in [0.29, 0.717) is 0 Å². The van der Waals surface area contributed by atoms with Crippen molar-refractivity contribution in [1.82, 2.24) is 9.38 Å². The van der Waals surface area contributed by atoms with Gasteiger partial charge in [0.2, 0.25) is 0 Å². The highest BCUT2D eigenvalue weighted by Crippen LogP contribution is 2.17. The molecule has 2 heterocycles. The number of rotatable bonds is 2. The summed E-state index contributed by atoms with van der Waals surface area (Å²) >= 11 is 0. The van der Waals surface area contributed by atoms with Gasteiger partial charge >= 0.3 is 5.97 Å². The van der Waals surface area contributed by atoms with Crippen molar-refractivity contribution >= 4 is 17.4 Å². The number of aromatic nitrogens is 2. The summed E-state index contributed by atoms with van der Waals surface area (Å²) in [5, 5.41) is 8.59. The molecule has 5 nitrogen and oxygen atoms in total. The molecule has 0 spiro atoms. The Morgan fingerprint density at radius 3 is 3.00 bits per heavy atom. The van der Waals surface area contributed by atoms with E-state index < -0.39 is 11.8 Å². The van der Waals surface area contributed by atoms with Crippen LogP contribution < -0.4 is 5.73 Å². The van der Waals surface area contributed by atoms with Gasteiger partial charge in [-0.1, -0.05) is 0 Å². The van der Waals surface area contributed by atoms with Crippen LogP contribution in [0.1, 0.15) is 5.69 Å². The maximum Gasteiger partial charge on any atom is 0.309 e. The third kappa shape index (κ3) is 1.50. The molecule has 0 saturated carbocycles. The Morgan fingerprint density at radius 1 is 1.67 bits per heavy atom. The highest BCUT2D eigenvalue weighted by molar-refractivity contribution is 5.72. The van der Waals surface area contributed by atoms with Gasteiger partial charge < -0.3 is 10.8 Å². The normalized spacial score (nSPS) is 10.7. The van der Waals surface area contributed by atoms with E-state index in [4.69, 9.17) is 10.8 Å². The Bertz CT molecular complexity index is 535. The number of hydrogen-bond acceptors (Lipinski definition) is 3. The summed E-state index contributed by atoms with van der Waals surface area (Å²) in [5.74, 6) is -1.42. The standard InChI is InChI=1S/C9H8FN3O2/c10-5-2-1-3-13-8(11)6(4-7(14)15)12-9(5)13/h1-3H,4,11H2,(H,14,15). The third-order valence-electron chi connectivity index (χ3n) is 2.03. The molecule has 0 bridgehead atoms. The number of carboxylic acid groups (broad SMARTS) is 1. The van der Waals surface area contributed by atoms with Gasteiger partial charge in [0.05, 0.1) is 12.1 Å². The predicted molar refractivity (Wildman–Crippen MR) is 50.9 cm³/mol. The Morgan fingerprint density at radius 2 is 2.40 bits per heavy atom. The molecule has 0 aliphatic rings. The van der Waals surface area contributed by atoms with E-state index in [1.54, 1.807) is 0 Å². The second-order valence-electron chi connectivity index (χ2n) is 3.06.